The predicted octanol–water partition coefficient (Wildman–Crippen LogP) is 3.63. The molecule has 0 aliphatic heterocycles. The maximum absolute atomic E-state index is 6.10. The number of hydrogen-bond donors (Lipinski definition) is 1. The van der Waals surface area contributed by atoms with Crippen molar-refractivity contribution in [3.63, 3.8) is 0 Å². The Hall–Kier alpha value is -0.860. The van der Waals surface area contributed by atoms with E-state index < -0.39 is 0 Å². The molecule has 0 heterocycles. The molecular weight excluding hydrogens is 244 g/mol. The molecule has 2 rings (SSSR count). The first-order valence-corrected chi connectivity index (χ1v) is 8.10. The van der Waals surface area contributed by atoms with Crippen molar-refractivity contribution >= 4 is 0 Å². The summed E-state index contributed by atoms with van der Waals surface area (Å²) in [5.74, 6) is 1.40. The molecule has 1 aliphatic carbocycles. The zero-order chi connectivity index (χ0) is 14.5. The summed E-state index contributed by atoms with van der Waals surface area (Å²) in [6, 6.07) is 11.9. The summed E-state index contributed by atoms with van der Waals surface area (Å²) in [4.78, 5) is 2.56. The smallest absolute Gasteiger partial charge is 0.0284 e. The van der Waals surface area contributed by atoms with Gasteiger partial charge in [0.25, 0.3) is 0 Å². The second kappa shape index (κ2) is 7.24. The molecule has 0 bridgehead atoms. The van der Waals surface area contributed by atoms with E-state index >= 15 is 0 Å². The van der Waals surface area contributed by atoms with Gasteiger partial charge >= 0.3 is 0 Å². The van der Waals surface area contributed by atoms with Gasteiger partial charge in [0.1, 0.15) is 0 Å². The number of benzene rings is 1. The van der Waals surface area contributed by atoms with E-state index in [1.807, 2.05) is 0 Å². The molecular formula is C18H30N2. The fourth-order valence-corrected chi connectivity index (χ4v) is 3.62. The molecule has 2 N–H and O–H groups in total. The van der Waals surface area contributed by atoms with Gasteiger partial charge in [0.15, 0.2) is 0 Å². The van der Waals surface area contributed by atoms with Crippen LogP contribution in [0.2, 0.25) is 0 Å². The minimum absolute atomic E-state index is 0.441. The Morgan fingerprint density at radius 2 is 1.75 bits per heavy atom. The zero-order valence-corrected chi connectivity index (χ0v) is 13.3. The standard InChI is InChI=1S/C18H30N2/c1-14-9-11-17(12-10-14)20(3)18(13-19)15(2)16-7-5-4-6-8-16/h4-8,14-15,17-18H,9-13,19H2,1-3H3. The van der Waals surface area contributed by atoms with Crippen molar-refractivity contribution in [2.75, 3.05) is 13.6 Å². The molecule has 1 fully saturated rings. The average molecular weight is 274 g/mol. The monoisotopic (exact) mass is 274 g/mol. The first kappa shape index (κ1) is 15.5. The van der Waals surface area contributed by atoms with Gasteiger partial charge in [-0.2, -0.15) is 0 Å². The minimum Gasteiger partial charge on any atom is -0.329 e. The lowest BCUT2D eigenvalue weighted by atomic mass is 9.84. The molecule has 1 aromatic carbocycles. The first-order valence-electron chi connectivity index (χ1n) is 8.10. The summed E-state index contributed by atoms with van der Waals surface area (Å²) in [6.45, 7) is 5.43. The predicted molar refractivity (Wildman–Crippen MR) is 86.9 cm³/mol. The highest BCUT2D eigenvalue weighted by Gasteiger charge is 2.29. The summed E-state index contributed by atoms with van der Waals surface area (Å²) in [6.07, 6.45) is 5.39. The van der Waals surface area contributed by atoms with Crippen LogP contribution in [0.1, 0.15) is 51.0 Å². The van der Waals surface area contributed by atoms with Crippen molar-refractivity contribution in [1.82, 2.24) is 4.90 Å². The normalized spacial score (nSPS) is 26.4. The SMILES string of the molecule is CC1CCC(N(C)C(CN)C(C)c2ccccc2)CC1. The van der Waals surface area contributed by atoms with Crippen molar-refractivity contribution in [2.24, 2.45) is 11.7 Å². The van der Waals surface area contributed by atoms with E-state index in [1.165, 1.54) is 31.2 Å². The lowest BCUT2D eigenvalue weighted by Crippen LogP contribution is -2.48. The molecule has 0 spiro atoms. The third-order valence-electron chi connectivity index (χ3n) is 5.23. The molecule has 2 atom stereocenters. The van der Waals surface area contributed by atoms with Crippen molar-refractivity contribution in [2.45, 2.75) is 57.5 Å². The highest BCUT2D eigenvalue weighted by Crippen LogP contribution is 2.30. The van der Waals surface area contributed by atoms with E-state index in [0.717, 1.165) is 12.5 Å². The zero-order valence-electron chi connectivity index (χ0n) is 13.3. The van der Waals surface area contributed by atoms with Gasteiger partial charge in [-0.25, -0.2) is 0 Å². The van der Waals surface area contributed by atoms with Gasteiger partial charge < -0.3 is 5.73 Å². The molecule has 2 nitrogen and oxygen atoms in total. The maximum atomic E-state index is 6.10. The molecule has 1 aliphatic rings. The highest BCUT2D eigenvalue weighted by molar-refractivity contribution is 5.20. The summed E-state index contributed by atoms with van der Waals surface area (Å²) < 4.78 is 0. The van der Waals surface area contributed by atoms with E-state index in [2.05, 4.69) is 56.1 Å². The molecule has 1 aromatic rings. The van der Waals surface area contributed by atoms with Gasteiger partial charge in [-0.15, -0.1) is 0 Å². The molecule has 0 aromatic heterocycles. The first-order chi connectivity index (χ1) is 9.63. The van der Waals surface area contributed by atoms with Crippen molar-refractivity contribution in [3.8, 4) is 0 Å². The lowest BCUT2D eigenvalue weighted by Gasteiger charge is -2.40. The van der Waals surface area contributed by atoms with Crippen LogP contribution in [0.4, 0.5) is 0 Å². The average Bonchev–Trinajstić information content (AvgIpc) is 2.49. The Bertz CT molecular complexity index is 382. The molecule has 0 saturated heterocycles. The topological polar surface area (TPSA) is 29.3 Å². The van der Waals surface area contributed by atoms with Gasteiger partial charge in [0, 0.05) is 18.6 Å². The number of rotatable bonds is 5. The van der Waals surface area contributed by atoms with Gasteiger partial charge in [0.2, 0.25) is 0 Å². The Balaban J connectivity index is 2.03. The van der Waals surface area contributed by atoms with Crippen LogP contribution in [0, 0.1) is 5.92 Å². The molecule has 20 heavy (non-hydrogen) atoms. The lowest BCUT2D eigenvalue weighted by molar-refractivity contribution is 0.114. The molecule has 0 amide bonds. The Labute approximate surface area is 124 Å². The van der Waals surface area contributed by atoms with Crippen molar-refractivity contribution < 1.29 is 0 Å². The minimum atomic E-state index is 0.441. The van der Waals surface area contributed by atoms with Crippen LogP contribution in [0.25, 0.3) is 0 Å². The number of hydrogen-bond acceptors (Lipinski definition) is 2. The Morgan fingerprint density at radius 3 is 2.30 bits per heavy atom. The summed E-state index contributed by atoms with van der Waals surface area (Å²) in [5, 5.41) is 0. The van der Waals surface area contributed by atoms with E-state index in [1.54, 1.807) is 0 Å². The van der Waals surface area contributed by atoms with Gasteiger partial charge in [-0.05, 0) is 50.1 Å². The van der Waals surface area contributed by atoms with Crippen LogP contribution in [-0.4, -0.2) is 30.6 Å². The van der Waals surface area contributed by atoms with Crippen molar-refractivity contribution in [1.29, 1.82) is 0 Å². The third-order valence-corrected chi connectivity index (χ3v) is 5.23. The molecule has 112 valence electrons. The van der Waals surface area contributed by atoms with E-state index in [9.17, 15) is 0 Å². The fraction of sp³-hybridized carbons (Fsp3) is 0.667. The van der Waals surface area contributed by atoms with E-state index in [-0.39, 0.29) is 0 Å². The van der Waals surface area contributed by atoms with E-state index in [0.29, 0.717) is 18.0 Å². The van der Waals surface area contributed by atoms with Gasteiger partial charge in [-0.1, -0.05) is 44.2 Å². The number of nitrogens with two attached hydrogens (primary N) is 1. The Kier molecular flexibility index (Phi) is 5.62. The Morgan fingerprint density at radius 1 is 1.15 bits per heavy atom. The largest absolute Gasteiger partial charge is 0.329 e. The van der Waals surface area contributed by atoms with Crippen LogP contribution in [0.5, 0.6) is 0 Å². The summed E-state index contributed by atoms with van der Waals surface area (Å²) in [7, 11) is 2.28. The molecule has 0 radical (unpaired) electrons. The number of nitrogens with zero attached hydrogens (tertiary/aromatic N) is 1. The van der Waals surface area contributed by atoms with Crippen LogP contribution in [-0.2, 0) is 0 Å². The molecule has 2 unspecified atom stereocenters. The summed E-state index contributed by atoms with van der Waals surface area (Å²) >= 11 is 0. The third kappa shape index (κ3) is 3.62. The maximum Gasteiger partial charge on any atom is 0.0284 e. The number of likely N-dealkylation sites (N-methyl/N-ethyl adjacent to an activating group) is 1. The quantitative estimate of drug-likeness (QED) is 0.888. The van der Waals surface area contributed by atoms with Crippen LogP contribution in [0.15, 0.2) is 30.3 Å². The van der Waals surface area contributed by atoms with Crippen LogP contribution in [0.3, 0.4) is 0 Å². The fourth-order valence-electron chi connectivity index (χ4n) is 3.62. The van der Waals surface area contributed by atoms with Crippen LogP contribution < -0.4 is 5.73 Å². The van der Waals surface area contributed by atoms with Crippen molar-refractivity contribution in [3.05, 3.63) is 35.9 Å². The van der Waals surface area contributed by atoms with Gasteiger partial charge in [0.05, 0.1) is 0 Å². The molecule has 2 heteroatoms. The second-order valence-electron chi connectivity index (χ2n) is 6.58. The van der Waals surface area contributed by atoms with Crippen LogP contribution >= 0.6 is 0 Å². The highest BCUT2D eigenvalue weighted by atomic mass is 15.2. The second-order valence-corrected chi connectivity index (χ2v) is 6.58. The van der Waals surface area contributed by atoms with E-state index in [4.69, 9.17) is 5.73 Å². The van der Waals surface area contributed by atoms with Gasteiger partial charge in [-0.3, -0.25) is 4.90 Å². The molecule has 1 saturated carbocycles. The summed E-state index contributed by atoms with van der Waals surface area (Å²) in [5.41, 5.74) is 7.51.